The van der Waals surface area contributed by atoms with Gasteiger partial charge in [-0.2, -0.15) is 0 Å². The monoisotopic (exact) mass is 354 g/mol. The molecule has 134 valence electrons. The van der Waals surface area contributed by atoms with Crippen molar-refractivity contribution in [3.63, 3.8) is 0 Å². The molecule has 0 radical (unpaired) electrons. The summed E-state index contributed by atoms with van der Waals surface area (Å²) in [5.41, 5.74) is 1.43. The number of anilines is 1. The maximum Gasteiger partial charge on any atom is 0.325 e. The molecule has 0 spiro atoms. The normalized spacial score (nSPS) is 9.88. The van der Waals surface area contributed by atoms with E-state index in [4.69, 9.17) is 4.74 Å². The number of carbonyl (C=O) groups is 4. The summed E-state index contributed by atoms with van der Waals surface area (Å²) in [6.07, 6.45) is 0. The highest BCUT2D eigenvalue weighted by Crippen LogP contribution is 2.09. The molecule has 0 atom stereocenters. The molecule has 2 rings (SSSR count). The van der Waals surface area contributed by atoms with Crippen molar-refractivity contribution < 1.29 is 23.9 Å². The Labute approximate surface area is 150 Å². The van der Waals surface area contributed by atoms with Crippen molar-refractivity contribution >= 4 is 29.3 Å². The second kappa shape index (κ2) is 9.12. The predicted molar refractivity (Wildman–Crippen MR) is 94.8 cm³/mol. The number of carbonyl (C=O) groups excluding carboxylic acids is 4. The second-order valence-electron chi connectivity index (χ2n) is 5.39. The van der Waals surface area contributed by atoms with Crippen LogP contribution in [0.2, 0.25) is 0 Å². The molecule has 0 unspecified atom stereocenters. The summed E-state index contributed by atoms with van der Waals surface area (Å²) in [5.74, 6) is -1.73. The fraction of sp³-hybridized carbons (Fsp3) is 0.158. The molecule has 0 fully saturated rings. The molecule has 0 saturated carbocycles. The number of amides is 2. The van der Waals surface area contributed by atoms with Crippen LogP contribution in [0.15, 0.2) is 54.6 Å². The molecule has 2 aromatic carbocycles. The highest BCUT2D eigenvalue weighted by molar-refractivity contribution is 5.97. The maximum absolute atomic E-state index is 11.8. The average Bonchev–Trinajstić information content (AvgIpc) is 2.65. The lowest BCUT2D eigenvalue weighted by atomic mass is 10.1. The van der Waals surface area contributed by atoms with Crippen molar-refractivity contribution in [1.82, 2.24) is 5.32 Å². The summed E-state index contributed by atoms with van der Waals surface area (Å²) >= 11 is 0. The molecule has 2 aromatic rings. The van der Waals surface area contributed by atoms with Gasteiger partial charge in [-0.25, -0.2) is 0 Å². The number of ketones is 1. The van der Waals surface area contributed by atoms with Crippen molar-refractivity contribution in [1.29, 1.82) is 0 Å². The quantitative estimate of drug-likeness (QED) is 0.583. The van der Waals surface area contributed by atoms with Gasteiger partial charge >= 0.3 is 5.97 Å². The average molecular weight is 354 g/mol. The van der Waals surface area contributed by atoms with Gasteiger partial charge in [-0.3, -0.25) is 19.2 Å². The molecule has 2 amide bonds. The zero-order valence-electron chi connectivity index (χ0n) is 14.2. The summed E-state index contributed by atoms with van der Waals surface area (Å²) in [4.78, 5) is 46.3. The van der Waals surface area contributed by atoms with Crippen molar-refractivity contribution in [2.75, 3.05) is 18.5 Å². The van der Waals surface area contributed by atoms with Gasteiger partial charge in [-0.15, -0.1) is 0 Å². The molecule has 26 heavy (non-hydrogen) atoms. The summed E-state index contributed by atoms with van der Waals surface area (Å²) in [6, 6.07) is 14.8. The summed E-state index contributed by atoms with van der Waals surface area (Å²) in [5, 5.41) is 4.95. The first-order valence-corrected chi connectivity index (χ1v) is 7.85. The van der Waals surface area contributed by atoms with E-state index in [-0.39, 0.29) is 12.3 Å². The molecule has 0 aromatic heterocycles. The Morgan fingerprint density at radius 2 is 1.54 bits per heavy atom. The smallest absolute Gasteiger partial charge is 0.325 e. The number of rotatable bonds is 7. The Hall–Kier alpha value is -3.48. The van der Waals surface area contributed by atoms with Crippen LogP contribution in [0.1, 0.15) is 27.6 Å². The van der Waals surface area contributed by atoms with E-state index in [0.29, 0.717) is 16.8 Å². The maximum atomic E-state index is 11.8. The standard InChI is InChI=1S/C19H18N2O5/c1-13(22)14-7-9-16(10-8-14)21-17(23)12-26-18(24)11-20-19(25)15-5-3-2-4-6-15/h2-10H,11-12H2,1H3,(H,20,25)(H,21,23). The number of esters is 1. The fourth-order valence-corrected chi connectivity index (χ4v) is 2.03. The molecule has 0 aliphatic rings. The molecule has 7 nitrogen and oxygen atoms in total. The summed E-state index contributed by atoms with van der Waals surface area (Å²) < 4.78 is 4.80. The van der Waals surface area contributed by atoms with Crippen LogP contribution < -0.4 is 10.6 Å². The molecule has 0 saturated heterocycles. The lowest BCUT2D eigenvalue weighted by Crippen LogP contribution is -2.32. The van der Waals surface area contributed by atoms with Gasteiger partial charge in [0.1, 0.15) is 6.54 Å². The molecule has 0 aliphatic heterocycles. The Morgan fingerprint density at radius 3 is 2.15 bits per heavy atom. The summed E-state index contributed by atoms with van der Waals surface area (Å²) in [7, 11) is 0. The van der Waals surface area contributed by atoms with Crippen LogP contribution in [-0.4, -0.2) is 36.7 Å². The third-order valence-electron chi connectivity index (χ3n) is 3.37. The van der Waals surface area contributed by atoms with Crippen LogP contribution in [0.25, 0.3) is 0 Å². The van der Waals surface area contributed by atoms with E-state index in [2.05, 4.69) is 10.6 Å². The minimum absolute atomic E-state index is 0.0747. The van der Waals surface area contributed by atoms with Crippen molar-refractivity contribution in [2.24, 2.45) is 0 Å². The molecule has 0 aliphatic carbocycles. The first-order valence-electron chi connectivity index (χ1n) is 7.85. The van der Waals surface area contributed by atoms with E-state index in [9.17, 15) is 19.2 Å². The number of hydrogen-bond donors (Lipinski definition) is 2. The summed E-state index contributed by atoms with van der Waals surface area (Å²) in [6.45, 7) is 0.631. The molecule has 7 heteroatoms. The first kappa shape index (κ1) is 18.9. The van der Waals surface area contributed by atoms with Gasteiger partial charge in [-0.1, -0.05) is 18.2 Å². The number of hydrogen-bond acceptors (Lipinski definition) is 5. The Bertz CT molecular complexity index is 800. The van der Waals surface area contributed by atoms with Crippen LogP contribution in [0, 0.1) is 0 Å². The van der Waals surface area contributed by atoms with Crippen LogP contribution in [0.3, 0.4) is 0 Å². The third-order valence-corrected chi connectivity index (χ3v) is 3.37. The van der Waals surface area contributed by atoms with E-state index >= 15 is 0 Å². The lowest BCUT2D eigenvalue weighted by molar-refractivity contribution is -0.146. The lowest BCUT2D eigenvalue weighted by Gasteiger charge is -2.08. The van der Waals surface area contributed by atoms with Gasteiger partial charge in [-0.05, 0) is 43.3 Å². The van der Waals surface area contributed by atoms with Crippen molar-refractivity contribution in [3.8, 4) is 0 Å². The highest BCUT2D eigenvalue weighted by atomic mass is 16.5. The van der Waals surface area contributed by atoms with E-state index in [1.807, 2.05) is 0 Å². The largest absolute Gasteiger partial charge is 0.454 e. The van der Waals surface area contributed by atoms with Gasteiger partial charge in [0.2, 0.25) is 0 Å². The van der Waals surface area contributed by atoms with Crippen LogP contribution in [0.4, 0.5) is 5.69 Å². The van der Waals surface area contributed by atoms with Crippen LogP contribution in [0.5, 0.6) is 0 Å². The molecular weight excluding hydrogens is 336 g/mol. The van der Waals surface area contributed by atoms with Gasteiger partial charge in [0.05, 0.1) is 0 Å². The van der Waals surface area contributed by atoms with Crippen molar-refractivity contribution in [3.05, 3.63) is 65.7 Å². The molecule has 2 N–H and O–H groups in total. The van der Waals surface area contributed by atoms with E-state index in [0.717, 1.165) is 0 Å². The molecule has 0 heterocycles. The van der Waals surface area contributed by atoms with Crippen LogP contribution in [-0.2, 0) is 14.3 Å². The van der Waals surface area contributed by atoms with Gasteiger partial charge in [0, 0.05) is 16.8 Å². The second-order valence-corrected chi connectivity index (χ2v) is 5.39. The Morgan fingerprint density at radius 1 is 0.885 bits per heavy atom. The zero-order valence-corrected chi connectivity index (χ0v) is 14.2. The van der Waals surface area contributed by atoms with Crippen LogP contribution >= 0.6 is 0 Å². The predicted octanol–water partition coefficient (Wildman–Crippen LogP) is 1.80. The topological polar surface area (TPSA) is 102 Å². The van der Waals surface area contributed by atoms with E-state index in [1.165, 1.54) is 6.92 Å². The fourth-order valence-electron chi connectivity index (χ4n) is 2.03. The van der Waals surface area contributed by atoms with E-state index in [1.54, 1.807) is 54.6 Å². The number of Topliss-reactive ketones (excluding diaryl/α,β-unsaturated/α-hetero) is 1. The minimum Gasteiger partial charge on any atom is -0.454 e. The van der Waals surface area contributed by atoms with Gasteiger partial charge in [0.25, 0.3) is 11.8 Å². The molecule has 0 bridgehead atoms. The zero-order chi connectivity index (χ0) is 18.9. The minimum atomic E-state index is -0.726. The third kappa shape index (κ3) is 5.86. The Balaban J connectivity index is 1.72. The van der Waals surface area contributed by atoms with Gasteiger partial charge < -0.3 is 15.4 Å². The van der Waals surface area contributed by atoms with Crippen molar-refractivity contribution in [2.45, 2.75) is 6.92 Å². The number of nitrogens with one attached hydrogen (secondary N) is 2. The van der Waals surface area contributed by atoms with E-state index < -0.39 is 24.4 Å². The highest BCUT2D eigenvalue weighted by Gasteiger charge is 2.11. The first-order chi connectivity index (χ1) is 12.5. The van der Waals surface area contributed by atoms with Gasteiger partial charge in [0.15, 0.2) is 12.4 Å². The molecular formula is C19H18N2O5. The number of ether oxygens (including phenoxy) is 1. The Kier molecular flexibility index (Phi) is 6.61. The SMILES string of the molecule is CC(=O)c1ccc(NC(=O)COC(=O)CNC(=O)c2ccccc2)cc1. The number of benzene rings is 2.